The normalized spacial score (nSPS) is 12.9. The summed E-state index contributed by atoms with van der Waals surface area (Å²) in [5.41, 5.74) is 3.50. The van der Waals surface area contributed by atoms with Gasteiger partial charge in [0.05, 0.1) is 23.5 Å². The first kappa shape index (κ1) is 18.5. The minimum Gasteiger partial charge on any atom is -0.359 e. The Morgan fingerprint density at radius 3 is 2.89 bits per heavy atom. The molecule has 2 N–H and O–H groups in total. The summed E-state index contributed by atoms with van der Waals surface area (Å²) >= 11 is 1.71. The van der Waals surface area contributed by atoms with Gasteiger partial charge in [-0.15, -0.1) is 11.3 Å². The van der Waals surface area contributed by atoms with Gasteiger partial charge in [-0.2, -0.15) is 5.26 Å². The number of fused-ring (bicyclic) bond motifs is 2. The number of aromatic amines is 1. The summed E-state index contributed by atoms with van der Waals surface area (Å²) in [7, 11) is -3.38. The molecule has 0 aliphatic heterocycles. The van der Waals surface area contributed by atoms with Crippen molar-refractivity contribution in [2.45, 2.75) is 18.8 Å². The Morgan fingerprint density at radius 2 is 2.11 bits per heavy atom. The number of hydrogen-bond donors (Lipinski definition) is 2. The lowest BCUT2D eigenvalue weighted by atomic mass is 9.87. The molecular formula is C21H19N3O2S2. The average Bonchev–Trinajstić information content (AvgIpc) is 3.28. The van der Waals surface area contributed by atoms with Crippen molar-refractivity contribution in [3.05, 3.63) is 65.2 Å². The molecule has 28 heavy (non-hydrogen) atoms. The lowest BCUT2D eigenvalue weighted by molar-refractivity contribution is 0.607. The SMILES string of the molecule is CS(=O)(=O)Nc1cccc2c(C(CCC#N)c3ccc4sccc4c3)c[nH]c12. The molecule has 0 aliphatic rings. The molecule has 1 atom stereocenters. The van der Waals surface area contributed by atoms with E-state index in [1.165, 1.54) is 10.1 Å². The van der Waals surface area contributed by atoms with Crippen LogP contribution >= 0.6 is 11.3 Å². The minimum atomic E-state index is -3.38. The standard InChI is InChI=1S/C21H19N3O2S2/c1-28(25,26)24-19-6-2-4-17-18(13-23-21(17)19)16(5-3-10-22)14-7-8-20-15(12-14)9-11-27-20/h2,4,6-9,11-13,16,23-24H,3,5H2,1H3. The zero-order valence-corrected chi connectivity index (χ0v) is 16.9. The Hall–Kier alpha value is -2.82. The van der Waals surface area contributed by atoms with Crippen molar-refractivity contribution in [3.63, 3.8) is 0 Å². The summed E-state index contributed by atoms with van der Waals surface area (Å²) in [6.07, 6.45) is 4.21. The van der Waals surface area contributed by atoms with Crippen molar-refractivity contribution < 1.29 is 8.42 Å². The number of benzene rings is 2. The second-order valence-electron chi connectivity index (χ2n) is 6.81. The average molecular weight is 410 g/mol. The first-order chi connectivity index (χ1) is 13.5. The largest absolute Gasteiger partial charge is 0.359 e. The summed E-state index contributed by atoms with van der Waals surface area (Å²) in [5.74, 6) is 0.0474. The van der Waals surface area contributed by atoms with E-state index in [1.807, 2.05) is 18.3 Å². The minimum absolute atomic E-state index is 0.0474. The second kappa shape index (κ2) is 7.30. The van der Waals surface area contributed by atoms with Crippen molar-refractivity contribution in [2.75, 3.05) is 11.0 Å². The molecule has 0 spiro atoms. The number of thiophene rings is 1. The van der Waals surface area contributed by atoms with E-state index in [0.717, 1.165) is 28.3 Å². The van der Waals surface area contributed by atoms with Crippen LogP contribution in [0.25, 0.3) is 21.0 Å². The molecule has 0 fully saturated rings. The fourth-order valence-corrected chi connectivity index (χ4v) is 5.00. The van der Waals surface area contributed by atoms with Crippen LogP contribution in [0.4, 0.5) is 5.69 Å². The highest BCUT2D eigenvalue weighted by Gasteiger charge is 2.20. The first-order valence-electron chi connectivity index (χ1n) is 8.88. The first-order valence-corrected chi connectivity index (χ1v) is 11.7. The molecule has 0 radical (unpaired) electrons. The highest BCUT2D eigenvalue weighted by molar-refractivity contribution is 7.92. The Labute approximate surface area is 167 Å². The van der Waals surface area contributed by atoms with Gasteiger partial charge in [-0.05, 0) is 52.6 Å². The van der Waals surface area contributed by atoms with Crippen LogP contribution in [-0.2, 0) is 10.0 Å². The number of hydrogen-bond acceptors (Lipinski definition) is 4. The van der Waals surface area contributed by atoms with E-state index < -0.39 is 10.0 Å². The molecule has 0 aliphatic carbocycles. The smallest absolute Gasteiger partial charge is 0.229 e. The van der Waals surface area contributed by atoms with Crippen LogP contribution in [0, 0.1) is 11.3 Å². The van der Waals surface area contributed by atoms with Gasteiger partial charge < -0.3 is 4.98 Å². The van der Waals surface area contributed by atoms with Crippen molar-refractivity contribution in [1.29, 1.82) is 5.26 Å². The molecule has 0 amide bonds. The van der Waals surface area contributed by atoms with Crippen LogP contribution < -0.4 is 4.72 Å². The molecular weight excluding hydrogens is 390 g/mol. The molecule has 0 saturated carbocycles. The Balaban J connectivity index is 1.83. The number of sulfonamides is 1. The maximum absolute atomic E-state index is 11.7. The van der Waals surface area contributed by atoms with E-state index >= 15 is 0 Å². The van der Waals surface area contributed by atoms with Crippen molar-refractivity contribution >= 4 is 48.0 Å². The highest BCUT2D eigenvalue weighted by Crippen LogP contribution is 2.37. The van der Waals surface area contributed by atoms with Crippen LogP contribution in [0.1, 0.15) is 29.9 Å². The zero-order chi connectivity index (χ0) is 19.7. The topological polar surface area (TPSA) is 85.8 Å². The second-order valence-corrected chi connectivity index (χ2v) is 9.51. The van der Waals surface area contributed by atoms with Crippen LogP contribution in [0.3, 0.4) is 0 Å². The highest BCUT2D eigenvalue weighted by atomic mass is 32.2. The summed E-state index contributed by atoms with van der Waals surface area (Å²) in [6.45, 7) is 0. The molecule has 7 heteroatoms. The Morgan fingerprint density at radius 1 is 1.25 bits per heavy atom. The quantitative estimate of drug-likeness (QED) is 0.459. The Kier molecular flexibility index (Phi) is 4.84. The van der Waals surface area contributed by atoms with Crippen molar-refractivity contribution in [1.82, 2.24) is 4.98 Å². The summed E-state index contributed by atoms with van der Waals surface area (Å²) in [5, 5.41) is 13.4. The third-order valence-electron chi connectivity index (χ3n) is 4.84. The number of nitriles is 1. The number of anilines is 1. The number of H-pyrrole nitrogens is 1. The lowest BCUT2D eigenvalue weighted by Gasteiger charge is -2.16. The molecule has 142 valence electrons. The molecule has 4 rings (SSSR count). The van der Waals surface area contributed by atoms with Gasteiger partial charge in [-0.3, -0.25) is 4.72 Å². The molecule has 1 unspecified atom stereocenters. The van der Waals surface area contributed by atoms with Crippen LogP contribution in [0.5, 0.6) is 0 Å². The molecule has 0 bridgehead atoms. The van der Waals surface area contributed by atoms with Gasteiger partial charge in [0, 0.05) is 28.6 Å². The molecule has 2 aromatic heterocycles. The van der Waals surface area contributed by atoms with Gasteiger partial charge >= 0.3 is 0 Å². The predicted molar refractivity (Wildman–Crippen MR) is 115 cm³/mol. The summed E-state index contributed by atoms with van der Waals surface area (Å²) in [4.78, 5) is 3.23. The van der Waals surface area contributed by atoms with Gasteiger partial charge in [0.25, 0.3) is 0 Å². The van der Waals surface area contributed by atoms with Gasteiger partial charge in [0.15, 0.2) is 0 Å². The number of rotatable bonds is 6. The van der Waals surface area contributed by atoms with Gasteiger partial charge in [-0.1, -0.05) is 18.2 Å². The number of aromatic nitrogens is 1. The van der Waals surface area contributed by atoms with Crippen LogP contribution in [0.15, 0.2) is 54.0 Å². The van der Waals surface area contributed by atoms with E-state index in [-0.39, 0.29) is 5.92 Å². The number of nitrogens with zero attached hydrogens (tertiary/aromatic N) is 1. The maximum atomic E-state index is 11.7. The predicted octanol–water partition coefficient (Wildman–Crippen LogP) is 5.19. The van der Waals surface area contributed by atoms with E-state index in [2.05, 4.69) is 45.4 Å². The van der Waals surface area contributed by atoms with E-state index in [1.54, 1.807) is 17.4 Å². The molecule has 2 heterocycles. The summed E-state index contributed by atoms with van der Waals surface area (Å²) < 4.78 is 27.2. The molecule has 0 saturated heterocycles. The van der Waals surface area contributed by atoms with Crippen molar-refractivity contribution in [2.24, 2.45) is 0 Å². The number of para-hydroxylation sites is 1. The fourth-order valence-electron chi connectivity index (χ4n) is 3.66. The van der Waals surface area contributed by atoms with E-state index in [4.69, 9.17) is 5.26 Å². The summed E-state index contributed by atoms with van der Waals surface area (Å²) in [6, 6.07) is 16.4. The van der Waals surface area contributed by atoms with Crippen molar-refractivity contribution in [3.8, 4) is 6.07 Å². The monoisotopic (exact) mass is 409 g/mol. The maximum Gasteiger partial charge on any atom is 0.229 e. The third kappa shape index (κ3) is 3.61. The zero-order valence-electron chi connectivity index (χ0n) is 15.3. The van der Waals surface area contributed by atoms with E-state index in [0.29, 0.717) is 18.5 Å². The molecule has 2 aromatic carbocycles. The lowest BCUT2D eigenvalue weighted by Crippen LogP contribution is -2.09. The fraction of sp³-hybridized carbons (Fsp3) is 0.190. The van der Waals surface area contributed by atoms with Gasteiger partial charge in [0.1, 0.15) is 0 Å². The van der Waals surface area contributed by atoms with Gasteiger partial charge in [0.2, 0.25) is 10.0 Å². The van der Waals surface area contributed by atoms with Crippen LogP contribution in [0.2, 0.25) is 0 Å². The number of nitrogens with one attached hydrogen (secondary N) is 2. The third-order valence-corrected chi connectivity index (χ3v) is 6.33. The Bertz CT molecular complexity index is 1300. The molecule has 4 aromatic rings. The van der Waals surface area contributed by atoms with Gasteiger partial charge in [-0.25, -0.2) is 8.42 Å². The van der Waals surface area contributed by atoms with Crippen LogP contribution in [-0.4, -0.2) is 19.7 Å². The van der Waals surface area contributed by atoms with E-state index in [9.17, 15) is 8.42 Å². The molecule has 5 nitrogen and oxygen atoms in total.